The maximum Gasteiger partial charge on any atom is 0.119 e. The Morgan fingerprint density at radius 2 is 2.33 bits per heavy atom. The van der Waals surface area contributed by atoms with Crippen LogP contribution in [0, 0.1) is 5.92 Å². The summed E-state index contributed by atoms with van der Waals surface area (Å²) in [6.45, 7) is 2.94. The van der Waals surface area contributed by atoms with E-state index in [4.69, 9.17) is 15.2 Å². The van der Waals surface area contributed by atoms with Crippen LogP contribution in [0.5, 0.6) is 5.75 Å². The lowest BCUT2D eigenvalue weighted by molar-refractivity contribution is 0.0995. The Morgan fingerprint density at radius 3 is 2.94 bits per heavy atom. The number of halogens is 1. The summed E-state index contributed by atoms with van der Waals surface area (Å²) in [5.41, 5.74) is 7.52. The summed E-state index contributed by atoms with van der Waals surface area (Å²) >= 11 is 3.57. The molecule has 1 aliphatic heterocycles. The van der Waals surface area contributed by atoms with Gasteiger partial charge in [0.15, 0.2) is 0 Å². The van der Waals surface area contributed by atoms with Crippen LogP contribution in [0.4, 0.5) is 0 Å². The molecule has 3 unspecified atom stereocenters. The molecule has 1 heterocycles. The van der Waals surface area contributed by atoms with Crippen LogP contribution < -0.4 is 10.5 Å². The minimum Gasteiger partial charge on any atom is -0.497 e. The van der Waals surface area contributed by atoms with Crippen LogP contribution in [0.1, 0.15) is 18.9 Å². The van der Waals surface area contributed by atoms with E-state index in [1.165, 1.54) is 5.56 Å². The lowest BCUT2D eigenvalue weighted by Gasteiger charge is -2.22. The SMILES string of the molecule is COc1ccc(Br)c(CC(N)C2CCOC2C)c1. The van der Waals surface area contributed by atoms with Gasteiger partial charge in [-0.1, -0.05) is 15.9 Å². The average Bonchev–Trinajstić information content (AvgIpc) is 2.78. The molecule has 0 amide bonds. The fourth-order valence-electron chi connectivity index (χ4n) is 2.55. The molecule has 0 radical (unpaired) electrons. The maximum atomic E-state index is 6.32. The lowest BCUT2D eigenvalue weighted by atomic mass is 9.89. The summed E-state index contributed by atoms with van der Waals surface area (Å²) in [7, 11) is 1.68. The Labute approximate surface area is 117 Å². The molecule has 0 spiro atoms. The zero-order chi connectivity index (χ0) is 13.1. The van der Waals surface area contributed by atoms with Crippen molar-refractivity contribution in [2.24, 2.45) is 11.7 Å². The number of hydrogen-bond acceptors (Lipinski definition) is 3. The van der Waals surface area contributed by atoms with Gasteiger partial charge in [-0.05, 0) is 43.5 Å². The van der Waals surface area contributed by atoms with Crippen LogP contribution in [0.15, 0.2) is 22.7 Å². The van der Waals surface area contributed by atoms with Crippen molar-refractivity contribution >= 4 is 15.9 Å². The third-order valence-electron chi connectivity index (χ3n) is 3.69. The molecule has 1 saturated heterocycles. The second kappa shape index (κ2) is 6.04. The van der Waals surface area contributed by atoms with Gasteiger partial charge in [0.1, 0.15) is 5.75 Å². The molecule has 0 bridgehead atoms. The van der Waals surface area contributed by atoms with Gasteiger partial charge in [0.2, 0.25) is 0 Å². The van der Waals surface area contributed by atoms with Crippen molar-refractivity contribution in [3.63, 3.8) is 0 Å². The first-order valence-electron chi connectivity index (χ1n) is 6.31. The highest BCUT2D eigenvalue weighted by Gasteiger charge is 2.29. The minimum atomic E-state index is 0.130. The number of nitrogens with two attached hydrogens (primary N) is 1. The summed E-state index contributed by atoms with van der Waals surface area (Å²) in [6, 6.07) is 6.13. The van der Waals surface area contributed by atoms with Crippen molar-refractivity contribution in [3.8, 4) is 5.75 Å². The first kappa shape index (κ1) is 13.8. The Bertz CT molecular complexity index is 411. The van der Waals surface area contributed by atoms with Gasteiger partial charge in [0.05, 0.1) is 13.2 Å². The van der Waals surface area contributed by atoms with Gasteiger partial charge in [0.25, 0.3) is 0 Å². The molecule has 18 heavy (non-hydrogen) atoms. The molecule has 0 aliphatic carbocycles. The van der Waals surface area contributed by atoms with Gasteiger partial charge < -0.3 is 15.2 Å². The fourth-order valence-corrected chi connectivity index (χ4v) is 2.96. The van der Waals surface area contributed by atoms with Gasteiger partial charge >= 0.3 is 0 Å². The fraction of sp³-hybridized carbons (Fsp3) is 0.571. The quantitative estimate of drug-likeness (QED) is 0.929. The average molecular weight is 314 g/mol. The third kappa shape index (κ3) is 3.05. The Balaban J connectivity index is 2.08. The predicted molar refractivity (Wildman–Crippen MR) is 75.9 cm³/mol. The molecule has 2 rings (SSSR count). The molecular formula is C14H20BrNO2. The summed E-state index contributed by atoms with van der Waals surface area (Å²) in [6.07, 6.45) is 2.17. The van der Waals surface area contributed by atoms with Crippen LogP contribution in [-0.4, -0.2) is 25.9 Å². The van der Waals surface area contributed by atoms with Crippen LogP contribution in [0.25, 0.3) is 0 Å². The summed E-state index contributed by atoms with van der Waals surface area (Å²) in [5.74, 6) is 1.32. The highest BCUT2D eigenvalue weighted by atomic mass is 79.9. The van der Waals surface area contributed by atoms with Crippen molar-refractivity contribution in [3.05, 3.63) is 28.2 Å². The van der Waals surface area contributed by atoms with Crippen LogP contribution in [0.2, 0.25) is 0 Å². The van der Waals surface area contributed by atoms with Crippen LogP contribution >= 0.6 is 15.9 Å². The normalized spacial score (nSPS) is 25.1. The van der Waals surface area contributed by atoms with E-state index < -0.39 is 0 Å². The smallest absolute Gasteiger partial charge is 0.119 e. The molecule has 1 aromatic rings. The highest BCUT2D eigenvalue weighted by molar-refractivity contribution is 9.10. The molecule has 100 valence electrons. The second-order valence-electron chi connectivity index (χ2n) is 4.85. The number of methoxy groups -OCH3 is 1. The van der Waals surface area contributed by atoms with Gasteiger partial charge in [-0.3, -0.25) is 0 Å². The monoisotopic (exact) mass is 313 g/mol. The van der Waals surface area contributed by atoms with Crippen molar-refractivity contribution in [1.82, 2.24) is 0 Å². The minimum absolute atomic E-state index is 0.130. The lowest BCUT2D eigenvalue weighted by Crippen LogP contribution is -2.36. The molecule has 2 N–H and O–H groups in total. The predicted octanol–water partition coefficient (Wildman–Crippen LogP) is 2.75. The van der Waals surface area contributed by atoms with E-state index >= 15 is 0 Å². The zero-order valence-corrected chi connectivity index (χ0v) is 12.4. The molecule has 3 atom stereocenters. The number of rotatable bonds is 4. The first-order chi connectivity index (χ1) is 8.61. The molecule has 1 aromatic carbocycles. The highest BCUT2D eigenvalue weighted by Crippen LogP contribution is 2.28. The Kier molecular flexibility index (Phi) is 4.65. The zero-order valence-electron chi connectivity index (χ0n) is 10.9. The van der Waals surface area contributed by atoms with Crippen molar-refractivity contribution in [2.45, 2.75) is 31.9 Å². The molecular weight excluding hydrogens is 294 g/mol. The van der Waals surface area contributed by atoms with Gasteiger partial charge in [0, 0.05) is 23.0 Å². The Hall–Kier alpha value is -0.580. The molecule has 1 fully saturated rings. The largest absolute Gasteiger partial charge is 0.497 e. The van der Waals surface area contributed by atoms with E-state index in [1.807, 2.05) is 18.2 Å². The third-order valence-corrected chi connectivity index (χ3v) is 4.47. The molecule has 0 saturated carbocycles. The van der Waals surface area contributed by atoms with Crippen molar-refractivity contribution < 1.29 is 9.47 Å². The topological polar surface area (TPSA) is 44.5 Å². The van der Waals surface area contributed by atoms with E-state index in [9.17, 15) is 0 Å². The second-order valence-corrected chi connectivity index (χ2v) is 5.71. The molecule has 4 heteroatoms. The first-order valence-corrected chi connectivity index (χ1v) is 7.10. The molecule has 0 aromatic heterocycles. The van der Waals surface area contributed by atoms with E-state index in [1.54, 1.807) is 7.11 Å². The van der Waals surface area contributed by atoms with Gasteiger partial charge in [-0.25, -0.2) is 0 Å². The standard InChI is InChI=1S/C14H20BrNO2/c1-9-12(5-6-18-9)14(16)8-10-7-11(17-2)3-4-13(10)15/h3-4,7,9,12,14H,5-6,8,16H2,1-2H3. The van der Waals surface area contributed by atoms with Crippen molar-refractivity contribution in [2.75, 3.05) is 13.7 Å². The van der Waals surface area contributed by atoms with Crippen LogP contribution in [0.3, 0.4) is 0 Å². The Morgan fingerprint density at radius 1 is 1.56 bits per heavy atom. The summed E-state index contributed by atoms with van der Waals surface area (Å²) < 4.78 is 11.9. The van der Waals surface area contributed by atoms with Crippen molar-refractivity contribution in [1.29, 1.82) is 0 Å². The maximum absolute atomic E-state index is 6.32. The van der Waals surface area contributed by atoms with Gasteiger partial charge in [-0.2, -0.15) is 0 Å². The molecule has 3 nitrogen and oxygen atoms in total. The van der Waals surface area contributed by atoms with Crippen LogP contribution in [-0.2, 0) is 11.2 Å². The van der Waals surface area contributed by atoms with E-state index in [2.05, 4.69) is 22.9 Å². The van der Waals surface area contributed by atoms with Gasteiger partial charge in [-0.15, -0.1) is 0 Å². The molecule has 1 aliphatic rings. The summed E-state index contributed by atoms with van der Waals surface area (Å²) in [4.78, 5) is 0. The number of ether oxygens (including phenoxy) is 2. The van der Waals surface area contributed by atoms with E-state index in [0.29, 0.717) is 5.92 Å². The number of hydrogen-bond donors (Lipinski definition) is 1. The summed E-state index contributed by atoms with van der Waals surface area (Å²) in [5, 5.41) is 0. The number of benzene rings is 1. The van der Waals surface area contributed by atoms with E-state index in [-0.39, 0.29) is 12.1 Å². The van der Waals surface area contributed by atoms with E-state index in [0.717, 1.165) is 29.7 Å².